The van der Waals surface area contributed by atoms with E-state index in [0.717, 1.165) is 44.9 Å². The Balaban J connectivity index is 3.61. The molecule has 198 valence electrons. The van der Waals surface area contributed by atoms with Crippen LogP contribution in [0.1, 0.15) is 136 Å². The van der Waals surface area contributed by atoms with Crippen LogP contribution in [0.15, 0.2) is 0 Å². The number of nitrogens with one attached hydrogen (secondary N) is 1. The number of ketones is 1. The summed E-state index contributed by atoms with van der Waals surface area (Å²) in [6.45, 7) is 5.42. The first-order valence-electron chi connectivity index (χ1n) is 13.3. The van der Waals surface area contributed by atoms with Gasteiger partial charge in [0.25, 0.3) is 0 Å². The Morgan fingerprint density at radius 3 is 1.35 bits per heavy atom. The summed E-state index contributed by atoms with van der Waals surface area (Å²) in [5, 5.41) is 20.5. The average Bonchev–Trinajstić information content (AvgIpc) is 2.74. The standard InChI is InChI=1S/C27H49NO6/c1-27(2,3)23(29)21-20-22(26(33)34)28-24(30)18-16-14-12-10-8-6-4-5-7-9-11-13-15-17-19-25(31)32/h22H,4-21H2,1-3H3,(H,28,30)(H,31,32)(H,33,34). The number of carbonyl (C=O) groups is 4. The van der Waals surface area contributed by atoms with Crippen LogP contribution < -0.4 is 5.32 Å². The van der Waals surface area contributed by atoms with Gasteiger partial charge in [0.1, 0.15) is 11.8 Å². The number of carboxylic acids is 2. The number of rotatable bonds is 22. The maximum atomic E-state index is 12.1. The second-order valence-corrected chi connectivity index (χ2v) is 10.5. The van der Waals surface area contributed by atoms with Crippen molar-refractivity contribution in [3.63, 3.8) is 0 Å². The Morgan fingerprint density at radius 2 is 1.00 bits per heavy atom. The first-order chi connectivity index (χ1) is 16.0. The van der Waals surface area contributed by atoms with Gasteiger partial charge in [0.15, 0.2) is 0 Å². The third kappa shape index (κ3) is 19.5. The summed E-state index contributed by atoms with van der Waals surface area (Å²) in [4.78, 5) is 45.9. The first-order valence-corrected chi connectivity index (χ1v) is 13.3. The van der Waals surface area contributed by atoms with Crippen molar-refractivity contribution in [3.8, 4) is 0 Å². The molecule has 0 aliphatic heterocycles. The van der Waals surface area contributed by atoms with Crippen molar-refractivity contribution in [2.45, 2.75) is 142 Å². The van der Waals surface area contributed by atoms with Crippen molar-refractivity contribution < 1.29 is 29.4 Å². The van der Waals surface area contributed by atoms with E-state index in [-0.39, 0.29) is 24.5 Å². The zero-order valence-electron chi connectivity index (χ0n) is 21.8. The molecule has 0 radical (unpaired) electrons. The lowest BCUT2D eigenvalue weighted by atomic mass is 9.87. The predicted octanol–water partition coefficient (Wildman–Crippen LogP) is 6.28. The molecule has 0 heterocycles. The van der Waals surface area contributed by atoms with Crippen molar-refractivity contribution in [1.82, 2.24) is 5.32 Å². The number of carbonyl (C=O) groups excluding carboxylic acids is 2. The highest BCUT2D eigenvalue weighted by Gasteiger charge is 2.25. The van der Waals surface area contributed by atoms with E-state index in [9.17, 15) is 24.3 Å². The molecule has 0 aliphatic rings. The zero-order valence-corrected chi connectivity index (χ0v) is 21.8. The fraction of sp³-hybridized carbons (Fsp3) is 0.852. The van der Waals surface area contributed by atoms with E-state index in [4.69, 9.17) is 5.11 Å². The summed E-state index contributed by atoms with van der Waals surface area (Å²) in [6, 6.07) is -1.00. The average molecular weight is 484 g/mol. The first kappa shape index (κ1) is 32.1. The number of hydrogen-bond donors (Lipinski definition) is 3. The summed E-state index contributed by atoms with van der Waals surface area (Å²) in [5.41, 5.74) is -0.501. The number of amides is 1. The molecule has 0 saturated heterocycles. The minimum Gasteiger partial charge on any atom is -0.481 e. The van der Waals surface area contributed by atoms with Crippen molar-refractivity contribution in [2.24, 2.45) is 5.41 Å². The van der Waals surface area contributed by atoms with Crippen molar-refractivity contribution >= 4 is 23.6 Å². The normalized spacial score (nSPS) is 12.3. The highest BCUT2D eigenvalue weighted by atomic mass is 16.4. The Hall–Kier alpha value is -1.92. The molecule has 0 aromatic rings. The fourth-order valence-corrected chi connectivity index (χ4v) is 3.86. The number of carboxylic acid groups (broad SMARTS) is 2. The molecule has 0 fully saturated rings. The monoisotopic (exact) mass is 483 g/mol. The molecule has 0 aliphatic carbocycles. The topological polar surface area (TPSA) is 121 Å². The number of Topliss-reactive ketones (excluding diaryl/α,β-unsaturated/α-hetero) is 1. The third-order valence-electron chi connectivity index (χ3n) is 6.17. The van der Waals surface area contributed by atoms with E-state index < -0.39 is 23.4 Å². The van der Waals surface area contributed by atoms with Gasteiger partial charge in [-0.2, -0.15) is 0 Å². The molecule has 0 bridgehead atoms. The van der Waals surface area contributed by atoms with Gasteiger partial charge in [-0.05, 0) is 19.3 Å². The summed E-state index contributed by atoms with van der Waals surface area (Å²) < 4.78 is 0. The molecule has 3 N–H and O–H groups in total. The largest absolute Gasteiger partial charge is 0.481 e. The molecule has 1 atom stereocenters. The van der Waals surface area contributed by atoms with Crippen LogP contribution in [0.2, 0.25) is 0 Å². The lowest BCUT2D eigenvalue weighted by Crippen LogP contribution is -2.41. The van der Waals surface area contributed by atoms with Gasteiger partial charge in [-0.25, -0.2) is 4.79 Å². The molecule has 7 nitrogen and oxygen atoms in total. The Morgan fingerprint density at radius 1 is 0.618 bits per heavy atom. The van der Waals surface area contributed by atoms with Gasteiger partial charge in [0.2, 0.25) is 5.91 Å². The number of unbranched alkanes of at least 4 members (excludes halogenated alkanes) is 13. The van der Waals surface area contributed by atoms with Gasteiger partial charge in [-0.1, -0.05) is 97.8 Å². The minimum absolute atomic E-state index is 0.00189. The van der Waals surface area contributed by atoms with Gasteiger partial charge in [0.05, 0.1) is 0 Å². The van der Waals surface area contributed by atoms with E-state index in [1.165, 1.54) is 44.9 Å². The van der Waals surface area contributed by atoms with Crippen LogP contribution in [-0.4, -0.2) is 39.9 Å². The number of aliphatic carboxylic acids is 2. The van der Waals surface area contributed by atoms with Gasteiger partial charge in [-0.3, -0.25) is 14.4 Å². The van der Waals surface area contributed by atoms with E-state index >= 15 is 0 Å². The van der Waals surface area contributed by atoms with Crippen LogP contribution in [0.5, 0.6) is 0 Å². The van der Waals surface area contributed by atoms with E-state index in [0.29, 0.717) is 12.8 Å². The van der Waals surface area contributed by atoms with Crippen LogP contribution in [0.4, 0.5) is 0 Å². The molecule has 0 aromatic heterocycles. The van der Waals surface area contributed by atoms with E-state index in [1.54, 1.807) is 20.8 Å². The van der Waals surface area contributed by atoms with Crippen molar-refractivity contribution in [1.29, 1.82) is 0 Å². The molecule has 34 heavy (non-hydrogen) atoms. The quantitative estimate of drug-likeness (QED) is 0.156. The zero-order chi connectivity index (χ0) is 25.8. The Bertz CT molecular complexity index is 596. The molecule has 1 amide bonds. The van der Waals surface area contributed by atoms with Crippen LogP contribution in [0.3, 0.4) is 0 Å². The maximum absolute atomic E-state index is 12.1. The lowest BCUT2D eigenvalue weighted by Gasteiger charge is -2.19. The van der Waals surface area contributed by atoms with Crippen LogP contribution in [0.25, 0.3) is 0 Å². The molecule has 0 rings (SSSR count). The molecule has 0 saturated carbocycles. The lowest BCUT2D eigenvalue weighted by molar-refractivity contribution is -0.142. The fourth-order valence-electron chi connectivity index (χ4n) is 3.86. The highest BCUT2D eigenvalue weighted by molar-refractivity contribution is 5.86. The highest BCUT2D eigenvalue weighted by Crippen LogP contribution is 2.18. The summed E-state index contributed by atoms with van der Waals surface area (Å²) in [7, 11) is 0. The Kier molecular flexibility index (Phi) is 18.3. The summed E-state index contributed by atoms with van der Waals surface area (Å²) in [6.07, 6.45) is 16.5. The molecular formula is C27H49NO6. The molecule has 1 unspecified atom stereocenters. The van der Waals surface area contributed by atoms with Crippen LogP contribution >= 0.6 is 0 Å². The SMILES string of the molecule is CC(C)(C)C(=O)CCC(NC(=O)CCCCCCCCCCCCCCCCC(=O)O)C(=O)O. The van der Waals surface area contributed by atoms with E-state index in [2.05, 4.69) is 5.32 Å². The molecule has 0 aromatic carbocycles. The van der Waals surface area contributed by atoms with Crippen molar-refractivity contribution in [3.05, 3.63) is 0 Å². The smallest absolute Gasteiger partial charge is 0.326 e. The molecule has 7 heteroatoms. The van der Waals surface area contributed by atoms with Gasteiger partial charge in [-0.15, -0.1) is 0 Å². The second-order valence-electron chi connectivity index (χ2n) is 10.5. The van der Waals surface area contributed by atoms with Crippen LogP contribution in [0, 0.1) is 5.41 Å². The minimum atomic E-state index is -1.09. The van der Waals surface area contributed by atoms with Gasteiger partial charge < -0.3 is 15.5 Å². The molecule has 0 spiro atoms. The van der Waals surface area contributed by atoms with Gasteiger partial charge >= 0.3 is 11.9 Å². The van der Waals surface area contributed by atoms with Crippen LogP contribution in [-0.2, 0) is 19.2 Å². The Labute approximate surface area is 206 Å². The number of hydrogen-bond acceptors (Lipinski definition) is 4. The van der Waals surface area contributed by atoms with E-state index in [1.807, 2.05) is 0 Å². The third-order valence-corrected chi connectivity index (χ3v) is 6.17. The second kappa shape index (κ2) is 19.4. The van der Waals surface area contributed by atoms with Crippen molar-refractivity contribution in [2.75, 3.05) is 0 Å². The summed E-state index contributed by atoms with van der Waals surface area (Å²) in [5.74, 6) is -2.04. The maximum Gasteiger partial charge on any atom is 0.326 e. The molecular weight excluding hydrogens is 434 g/mol. The predicted molar refractivity (Wildman–Crippen MR) is 135 cm³/mol. The summed E-state index contributed by atoms with van der Waals surface area (Å²) >= 11 is 0. The van der Waals surface area contributed by atoms with Gasteiger partial charge in [0, 0.05) is 24.7 Å².